The van der Waals surface area contributed by atoms with Crippen LogP contribution in [0.1, 0.15) is 41.5 Å². The van der Waals surface area contributed by atoms with Crippen LogP contribution in [0.4, 0.5) is 4.79 Å². The van der Waals surface area contributed by atoms with E-state index in [2.05, 4.69) is 0 Å². The van der Waals surface area contributed by atoms with Crippen LogP contribution in [0.5, 0.6) is 0 Å². The number of thioether (sulfide) groups is 1. The second kappa shape index (κ2) is 8.99. The summed E-state index contributed by atoms with van der Waals surface area (Å²) in [5.41, 5.74) is 5.82. The zero-order valence-electron chi connectivity index (χ0n) is 13.9. The molecule has 0 aromatic heterocycles. The number of esters is 2. The van der Waals surface area contributed by atoms with Crippen molar-refractivity contribution >= 4 is 29.0 Å². The molecule has 8 heteroatoms. The molecule has 0 saturated heterocycles. The molecule has 22 heavy (non-hydrogen) atoms. The van der Waals surface area contributed by atoms with Crippen molar-refractivity contribution in [2.45, 2.75) is 58.4 Å². The molecule has 0 amide bonds. The average Bonchev–Trinajstić information content (AvgIpc) is 2.35. The zero-order chi connectivity index (χ0) is 17.5. The number of ether oxygens (including phenoxy) is 3. The average molecular weight is 335 g/mol. The molecule has 1 unspecified atom stereocenters. The van der Waals surface area contributed by atoms with Gasteiger partial charge >= 0.3 is 17.2 Å². The molecule has 128 valence electrons. The number of carbonyl (C=O) groups is 3. The topological polar surface area (TPSA) is 105 Å². The van der Waals surface area contributed by atoms with Crippen molar-refractivity contribution in [1.29, 1.82) is 0 Å². The van der Waals surface area contributed by atoms with Gasteiger partial charge in [0.1, 0.15) is 6.04 Å². The van der Waals surface area contributed by atoms with Crippen LogP contribution in [-0.4, -0.2) is 40.9 Å². The lowest BCUT2D eigenvalue weighted by molar-refractivity contribution is -0.155. The van der Waals surface area contributed by atoms with Gasteiger partial charge in [-0.25, -0.2) is 4.79 Å². The third-order valence-electron chi connectivity index (χ3n) is 2.55. The van der Waals surface area contributed by atoms with Gasteiger partial charge in [-0.05, 0) is 39.5 Å². The first-order chi connectivity index (χ1) is 9.97. The summed E-state index contributed by atoms with van der Waals surface area (Å²) in [7, 11) is 0. The summed E-state index contributed by atoms with van der Waals surface area (Å²) in [6.45, 7) is 9.55. The normalized spacial score (nSPS) is 13.0. The van der Waals surface area contributed by atoms with Crippen LogP contribution < -0.4 is 5.73 Å². The molecule has 7 nitrogen and oxygen atoms in total. The lowest BCUT2D eigenvalue weighted by Crippen LogP contribution is -2.48. The zero-order valence-corrected chi connectivity index (χ0v) is 14.7. The van der Waals surface area contributed by atoms with Crippen LogP contribution in [0.2, 0.25) is 0 Å². The summed E-state index contributed by atoms with van der Waals surface area (Å²) in [5, 5.41) is -0.686. The van der Waals surface area contributed by atoms with E-state index in [0.29, 0.717) is 0 Å². The van der Waals surface area contributed by atoms with Crippen LogP contribution in [0.3, 0.4) is 0 Å². The number of carbonyl (C=O) groups excluding carboxylic acids is 3. The lowest BCUT2D eigenvalue weighted by atomic mass is 10.0. The highest BCUT2D eigenvalue weighted by molar-refractivity contribution is 8.14. The smallest absolute Gasteiger partial charge is 0.370 e. The minimum absolute atomic E-state index is 0.290. The van der Waals surface area contributed by atoms with Crippen LogP contribution in [0.25, 0.3) is 0 Å². The Balaban J connectivity index is 4.36. The summed E-state index contributed by atoms with van der Waals surface area (Å²) in [4.78, 5) is 34.7. The fourth-order valence-electron chi connectivity index (χ4n) is 1.20. The summed E-state index contributed by atoms with van der Waals surface area (Å²) < 4.78 is 13.6. The Bertz CT molecular complexity index is 408. The Morgan fingerprint density at radius 2 is 1.59 bits per heavy atom. The van der Waals surface area contributed by atoms with Crippen molar-refractivity contribution in [3.8, 4) is 0 Å². The van der Waals surface area contributed by atoms with Crippen molar-refractivity contribution in [3.63, 3.8) is 0 Å². The van der Waals surface area contributed by atoms with Gasteiger partial charge in [-0.15, -0.1) is 0 Å². The molecule has 0 aromatic carbocycles. The van der Waals surface area contributed by atoms with Gasteiger partial charge in [-0.2, -0.15) is 0 Å². The molecule has 1 atom stereocenters. The molecule has 0 rings (SSSR count). The molecule has 0 heterocycles. The monoisotopic (exact) mass is 335 g/mol. The molecule has 0 radical (unpaired) electrons. The lowest BCUT2D eigenvalue weighted by Gasteiger charge is -2.28. The van der Waals surface area contributed by atoms with Gasteiger partial charge < -0.3 is 19.9 Å². The van der Waals surface area contributed by atoms with Crippen molar-refractivity contribution in [3.05, 3.63) is 0 Å². The summed E-state index contributed by atoms with van der Waals surface area (Å²) >= 11 is 0.747. The standard InChI is InChI=1S/C14H25NO6S/c1-8(2)11(16)19-7-20-13(18)22-14(5,6)10(15)12(17)21-9(3)4/h8-10H,7,15H2,1-6H3. The highest BCUT2D eigenvalue weighted by atomic mass is 32.2. The maximum atomic E-state index is 11.8. The van der Waals surface area contributed by atoms with E-state index >= 15 is 0 Å². The van der Waals surface area contributed by atoms with E-state index in [-0.39, 0.29) is 12.0 Å². The molecule has 0 fully saturated rings. The van der Waals surface area contributed by atoms with Crippen LogP contribution in [0.15, 0.2) is 0 Å². The van der Waals surface area contributed by atoms with E-state index in [1.165, 1.54) is 0 Å². The van der Waals surface area contributed by atoms with Crippen LogP contribution in [0, 0.1) is 5.92 Å². The summed E-state index contributed by atoms with van der Waals surface area (Å²) in [6.07, 6.45) is -0.290. The number of nitrogens with two attached hydrogens (primary N) is 1. The molecule has 0 bridgehead atoms. The second-order valence-electron chi connectivity index (χ2n) is 5.80. The van der Waals surface area contributed by atoms with Gasteiger partial charge in [-0.3, -0.25) is 9.59 Å². The quantitative estimate of drug-likeness (QED) is 0.557. The van der Waals surface area contributed by atoms with Gasteiger partial charge in [0.25, 0.3) is 0 Å². The SMILES string of the molecule is CC(C)OC(=O)C(N)C(C)(C)SC(=O)OCOC(=O)C(C)C. The number of hydrogen-bond acceptors (Lipinski definition) is 8. The van der Waals surface area contributed by atoms with Crippen molar-refractivity contribution in [2.24, 2.45) is 11.7 Å². The molecule has 0 spiro atoms. The minimum atomic E-state index is -0.995. The van der Waals surface area contributed by atoms with Crippen molar-refractivity contribution < 1.29 is 28.6 Å². The van der Waals surface area contributed by atoms with Gasteiger partial charge in [0.2, 0.25) is 6.79 Å². The van der Waals surface area contributed by atoms with E-state index in [4.69, 9.17) is 19.9 Å². The maximum Gasteiger partial charge on any atom is 0.370 e. The molecule has 0 aliphatic heterocycles. The highest BCUT2D eigenvalue weighted by Crippen LogP contribution is 2.29. The number of rotatable bonds is 7. The Morgan fingerprint density at radius 1 is 1.05 bits per heavy atom. The summed E-state index contributed by atoms with van der Waals surface area (Å²) in [6, 6.07) is -0.995. The number of hydrogen-bond donors (Lipinski definition) is 1. The Hall–Kier alpha value is -1.28. The summed E-state index contributed by atoms with van der Waals surface area (Å²) in [5.74, 6) is -1.36. The first-order valence-electron chi connectivity index (χ1n) is 6.95. The molecule has 2 N–H and O–H groups in total. The Kier molecular flexibility index (Phi) is 8.47. The third-order valence-corrected chi connectivity index (χ3v) is 3.62. The largest absolute Gasteiger partial charge is 0.462 e. The van der Waals surface area contributed by atoms with Gasteiger partial charge in [0.05, 0.1) is 12.0 Å². The predicted octanol–water partition coefficient (Wildman–Crippen LogP) is 2.07. The fraction of sp³-hybridized carbons (Fsp3) is 0.786. The van der Waals surface area contributed by atoms with E-state index in [9.17, 15) is 14.4 Å². The first-order valence-corrected chi connectivity index (χ1v) is 7.77. The molecule has 0 aromatic rings. The van der Waals surface area contributed by atoms with Gasteiger partial charge in [-0.1, -0.05) is 13.8 Å². The van der Waals surface area contributed by atoms with E-state index < -0.39 is 34.8 Å². The van der Waals surface area contributed by atoms with Crippen LogP contribution in [-0.2, 0) is 23.8 Å². The Labute approximate surface area is 135 Å². The minimum Gasteiger partial charge on any atom is -0.462 e. The molecule has 0 saturated carbocycles. The second-order valence-corrected chi connectivity index (χ2v) is 7.39. The van der Waals surface area contributed by atoms with E-state index in [0.717, 1.165) is 11.8 Å². The highest BCUT2D eigenvalue weighted by Gasteiger charge is 2.37. The van der Waals surface area contributed by atoms with Crippen molar-refractivity contribution in [2.75, 3.05) is 6.79 Å². The maximum absolute atomic E-state index is 11.8. The Morgan fingerprint density at radius 3 is 2.05 bits per heavy atom. The first kappa shape index (κ1) is 20.7. The predicted molar refractivity (Wildman–Crippen MR) is 83.2 cm³/mol. The van der Waals surface area contributed by atoms with E-state index in [1.54, 1.807) is 41.5 Å². The molecular formula is C14H25NO6S. The van der Waals surface area contributed by atoms with Crippen molar-refractivity contribution in [1.82, 2.24) is 0 Å². The molecule has 0 aliphatic carbocycles. The molecular weight excluding hydrogens is 310 g/mol. The van der Waals surface area contributed by atoms with Gasteiger partial charge in [0, 0.05) is 4.75 Å². The third kappa shape index (κ3) is 7.65. The van der Waals surface area contributed by atoms with Crippen LogP contribution >= 0.6 is 11.8 Å². The van der Waals surface area contributed by atoms with E-state index in [1.807, 2.05) is 0 Å². The van der Waals surface area contributed by atoms with Gasteiger partial charge in [0.15, 0.2) is 0 Å². The molecule has 0 aliphatic rings. The fourth-order valence-corrected chi connectivity index (χ4v) is 1.96.